The van der Waals surface area contributed by atoms with Gasteiger partial charge >= 0.3 is 0 Å². The summed E-state index contributed by atoms with van der Waals surface area (Å²) in [5, 5.41) is 3.49. The van der Waals surface area contributed by atoms with Gasteiger partial charge in [-0.05, 0) is 37.9 Å². The predicted octanol–water partition coefficient (Wildman–Crippen LogP) is 3.04. The van der Waals surface area contributed by atoms with E-state index in [0.29, 0.717) is 12.6 Å². The minimum atomic E-state index is -0.104. The summed E-state index contributed by atoms with van der Waals surface area (Å²) in [4.78, 5) is 2.53. The topological polar surface area (TPSA) is 15.3 Å². The first-order valence-corrected chi connectivity index (χ1v) is 7.34. The second-order valence-corrected chi connectivity index (χ2v) is 5.94. The van der Waals surface area contributed by atoms with Crippen LogP contribution >= 0.6 is 0 Å². The van der Waals surface area contributed by atoms with Crippen molar-refractivity contribution in [3.8, 4) is 0 Å². The van der Waals surface area contributed by atoms with E-state index < -0.39 is 0 Å². The summed E-state index contributed by atoms with van der Waals surface area (Å²) in [5.41, 5.74) is 0.770. The smallest absolute Gasteiger partial charge is 0.127 e. The molecular formula is C16H25FN2. The van der Waals surface area contributed by atoms with Crippen molar-refractivity contribution in [2.75, 3.05) is 19.6 Å². The molecule has 1 saturated heterocycles. The van der Waals surface area contributed by atoms with Gasteiger partial charge in [-0.3, -0.25) is 0 Å². The van der Waals surface area contributed by atoms with E-state index in [9.17, 15) is 4.39 Å². The molecule has 0 amide bonds. The number of nitrogens with zero attached hydrogens (tertiary/aromatic N) is 1. The quantitative estimate of drug-likeness (QED) is 0.879. The van der Waals surface area contributed by atoms with E-state index in [-0.39, 0.29) is 5.82 Å². The monoisotopic (exact) mass is 264 g/mol. The van der Waals surface area contributed by atoms with Gasteiger partial charge in [0.2, 0.25) is 0 Å². The summed E-state index contributed by atoms with van der Waals surface area (Å²) < 4.78 is 13.5. The summed E-state index contributed by atoms with van der Waals surface area (Å²) in [7, 11) is 0. The Bertz CT molecular complexity index is 384. The van der Waals surface area contributed by atoms with E-state index in [1.54, 1.807) is 6.07 Å². The Morgan fingerprint density at radius 1 is 1.26 bits per heavy atom. The third-order valence-electron chi connectivity index (χ3n) is 3.75. The van der Waals surface area contributed by atoms with Crippen LogP contribution in [0.15, 0.2) is 24.3 Å². The molecule has 1 aromatic carbocycles. The van der Waals surface area contributed by atoms with Gasteiger partial charge in [0, 0.05) is 24.7 Å². The fourth-order valence-corrected chi connectivity index (χ4v) is 2.73. The molecule has 2 rings (SSSR count). The lowest BCUT2D eigenvalue weighted by molar-refractivity contribution is 0.179. The van der Waals surface area contributed by atoms with Crippen LogP contribution < -0.4 is 5.32 Å². The van der Waals surface area contributed by atoms with Crippen LogP contribution in [0, 0.1) is 11.7 Å². The lowest BCUT2D eigenvalue weighted by atomic mass is 10.0. The first kappa shape index (κ1) is 14.5. The fourth-order valence-electron chi connectivity index (χ4n) is 2.73. The van der Waals surface area contributed by atoms with Gasteiger partial charge in [-0.1, -0.05) is 32.0 Å². The molecule has 0 aliphatic carbocycles. The number of benzene rings is 1. The lowest BCUT2D eigenvalue weighted by Gasteiger charge is -2.33. The molecule has 1 fully saturated rings. The highest BCUT2D eigenvalue weighted by Gasteiger charge is 2.19. The second kappa shape index (κ2) is 7.01. The van der Waals surface area contributed by atoms with Crippen molar-refractivity contribution in [1.82, 2.24) is 10.2 Å². The second-order valence-electron chi connectivity index (χ2n) is 5.94. The van der Waals surface area contributed by atoms with Crippen LogP contribution in [0.25, 0.3) is 0 Å². The Morgan fingerprint density at radius 2 is 1.95 bits per heavy atom. The molecule has 1 aromatic rings. The highest BCUT2D eigenvalue weighted by Crippen LogP contribution is 2.13. The molecule has 1 aliphatic rings. The van der Waals surface area contributed by atoms with Gasteiger partial charge in [0.25, 0.3) is 0 Å². The maximum atomic E-state index is 13.5. The molecule has 3 heteroatoms. The third kappa shape index (κ3) is 4.59. The number of likely N-dealkylation sites (tertiary alicyclic amines) is 1. The average Bonchev–Trinajstić information content (AvgIpc) is 2.39. The Morgan fingerprint density at radius 3 is 2.58 bits per heavy atom. The highest BCUT2D eigenvalue weighted by atomic mass is 19.1. The van der Waals surface area contributed by atoms with E-state index in [1.165, 1.54) is 25.5 Å². The van der Waals surface area contributed by atoms with Crippen molar-refractivity contribution in [3.05, 3.63) is 35.6 Å². The molecule has 0 unspecified atom stereocenters. The van der Waals surface area contributed by atoms with Crippen molar-refractivity contribution in [1.29, 1.82) is 0 Å². The lowest BCUT2D eigenvalue weighted by Crippen LogP contribution is -2.43. The summed E-state index contributed by atoms with van der Waals surface area (Å²) in [5.74, 6) is 0.634. The van der Waals surface area contributed by atoms with Crippen LogP contribution in [0.1, 0.15) is 32.3 Å². The Kier molecular flexibility index (Phi) is 5.34. The minimum absolute atomic E-state index is 0.104. The summed E-state index contributed by atoms with van der Waals surface area (Å²) >= 11 is 0. The maximum Gasteiger partial charge on any atom is 0.127 e. The summed E-state index contributed by atoms with van der Waals surface area (Å²) in [6.45, 7) is 8.69. The first-order valence-electron chi connectivity index (χ1n) is 7.34. The van der Waals surface area contributed by atoms with E-state index in [4.69, 9.17) is 0 Å². The van der Waals surface area contributed by atoms with Gasteiger partial charge in [-0.25, -0.2) is 4.39 Å². The van der Waals surface area contributed by atoms with Crippen molar-refractivity contribution >= 4 is 0 Å². The van der Waals surface area contributed by atoms with Crippen molar-refractivity contribution < 1.29 is 4.39 Å². The van der Waals surface area contributed by atoms with Crippen LogP contribution in [0.5, 0.6) is 0 Å². The summed E-state index contributed by atoms with van der Waals surface area (Å²) in [6, 6.07) is 7.55. The zero-order valence-corrected chi connectivity index (χ0v) is 12.0. The van der Waals surface area contributed by atoms with Crippen LogP contribution in [0.4, 0.5) is 4.39 Å². The van der Waals surface area contributed by atoms with Gasteiger partial charge < -0.3 is 10.2 Å². The van der Waals surface area contributed by atoms with E-state index in [0.717, 1.165) is 24.6 Å². The average molecular weight is 264 g/mol. The fraction of sp³-hybridized carbons (Fsp3) is 0.625. The highest BCUT2D eigenvalue weighted by molar-refractivity contribution is 5.17. The number of hydrogen-bond donors (Lipinski definition) is 1. The van der Waals surface area contributed by atoms with Crippen molar-refractivity contribution in [3.63, 3.8) is 0 Å². The normalized spacial score (nSPS) is 18.1. The van der Waals surface area contributed by atoms with Gasteiger partial charge in [0.1, 0.15) is 5.82 Å². The van der Waals surface area contributed by atoms with Gasteiger partial charge in [0.05, 0.1) is 0 Å². The van der Waals surface area contributed by atoms with Crippen LogP contribution in [-0.4, -0.2) is 30.6 Å². The molecule has 0 atom stereocenters. The minimum Gasteiger partial charge on any atom is -0.310 e. The molecule has 0 radical (unpaired) electrons. The molecule has 0 saturated carbocycles. The number of nitrogens with one attached hydrogen (secondary N) is 1. The standard InChI is InChI=1S/C16H25FN2/c1-13(2)12-19-9-7-15(8-10-19)18-11-14-5-3-4-6-16(14)17/h3-6,13,15,18H,7-12H2,1-2H3. The maximum absolute atomic E-state index is 13.5. The summed E-state index contributed by atoms with van der Waals surface area (Å²) in [6.07, 6.45) is 2.34. The number of halogens is 1. The molecule has 0 spiro atoms. The SMILES string of the molecule is CC(C)CN1CCC(NCc2ccccc2F)CC1. The van der Waals surface area contributed by atoms with Gasteiger partial charge in [-0.2, -0.15) is 0 Å². The third-order valence-corrected chi connectivity index (χ3v) is 3.75. The Labute approximate surface area is 116 Å². The number of piperidine rings is 1. The van der Waals surface area contributed by atoms with Crippen LogP contribution in [-0.2, 0) is 6.54 Å². The molecule has 1 N–H and O–H groups in total. The molecule has 19 heavy (non-hydrogen) atoms. The van der Waals surface area contributed by atoms with Crippen LogP contribution in [0.3, 0.4) is 0 Å². The van der Waals surface area contributed by atoms with E-state index in [2.05, 4.69) is 24.1 Å². The zero-order chi connectivity index (χ0) is 13.7. The number of rotatable bonds is 5. The Balaban J connectivity index is 1.73. The molecule has 1 heterocycles. The molecular weight excluding hydrogens is 239 g/mol. The number of hydrogen-bond acceptors (Lipinski definition) is 2. The molecule has 0 bridgehead atoms. The molecule has 2 nitrogen and oxygen atoms in total. The zero-order valence-electron chi connectivity index (χ0n) is 12.0. The molecule has 106 valence electrons. The predicted molar refractivity (Wildman–Crippen MR) is 77.5 cm³/mol. The van der Waals surface area contributed by atoms with Gasteiger partial charge in [0.15, 0.2) is 0 Å². The largest absolute Gasteiger partial charge is 0.310 e. The van der Waals surface area contributed by atoms with Gasteiger partial charge in [-0.15, -0.1) is 0 Å². The molecule has 1 aliphatic heterocycles. The van der Waals surface area contributed by atoms with Crippen LogP contribution in [0.2, 0.25) is 0 Å². The van der Waals surface area contributed by atoms with Crippen molar-refractivity contribution in [2.45, 2.75) is 39.3 Å². The van der Waals surface area contributed by atoms with E-state index in [1.807, 2.05) is 12.1 Å². The van der Waals surface area contributed by atoms with Crippen molar-refractivity contribution in [2.24, 2.45) is 5.92 Å². The molecule has 0 aromatic heterocycles. The first-order chi connectivity index (χ1) is 9.15. The Hall–Kier alpha value is -0.930. The van der Waals surface area contributed by atoms with E-state index >= 15 is 0 Å².